The Balaban J connectivity index is 2.05. The van der Waals surface area contributed by atoms with Crippen LogP contribution in [0, 0.1) is 11.8 Å². The molecule has 3 unspecified atom stereocenters. The van der Waals surface area contributed by atoms with Crippen LogP contribution >= 0.6 is 0 Å². The summed E-state index contributed by atoms with van der Waals surface area (Å²) in [6, 6.07) is 11.1. The molecule has 15 heavy (non-hydrogen) atoms. The normalized spacial score (nSPS) is 30.7. The van der Waals surface area contributed by atoms with E-state index in [2.05, 4.69) is 44.2 Å². The molecular weight excluding hydrogens is 180 g/mol. The highest BCUT2D eigenvalue weighted by Crippen LogP contribution is 2.44. The van der Waals surface area contributed by atoms with E-state index in [1.165, 1.54) is 25.7 Å². The van der Waals surface area contributed by atoms with Crippen molar-refractivity contribution in [1.29, 1.82) is 0 Å². The Morgan fingerprint density at radius 3 is 2.53 bits per heavy atom. The van der Waals surface area contributed by atoms with Crippen molar-refractivity contribution >= 4 is 0 Å². The molecule has 0 heterocycles. The summed E-state index contributed by atoms with van der Waals surface area (Å²) in [6.07, 6.45) is 5.62. The van der Waals surface area contributed by atoms with Crippen LogP contribution in [-0.4, -0.2) is 0 Å². The highest BCUT2D eigenvalue weighted by molar-refractivity contribution is 5.21. The fraction of sp³-hybridized carbons (Fsp3) is 0.600. The summed E-state index contributed by atoms with van der Waals surface area (Å²) in [7, 11) is 0. The van der Waals surface area contributed by atoms with Gasteiger partial charge in [-0.15, -0.1) is 0 Å². The van der Waals surface area contributed by atoms with Gasteiger partial charge in [0, 0.05) is 0 Å². The maximum atomic E-state index is 2.42. The third-order valence-corrected chi connectivity index (χ3v) is 3.90. The molecule has 1 aromatic carbocycles. The SMILES string of the molecule is CCCC1CC(C)C(c2ccccc2)C1. The minimum Gasteiger partial charge on any atom is -0.0654 e. The third kappa shape index (κ3) is 2.42. The van der Waals surface area contributed by atoms with Crippen LogP contribution in [0.4, 0.5) is 0 Å². The highest BCUT2D eigenvalue weighted by Gasteiger charge is 2.31. The van der Waals surface area contributed by atoms with E-state index >= 15 is 0 Å². The van der Waals surface area contributed by atoms with Gasteiger partial charge < -0.3 is 0 Å². The molecule has 1 aliphatic rings. The average molecular weight is 202 g/mol. The van der Waals surface area contributed by atoms with Crippen LogP contribution < -0.4 is 0 Å². The van der Waals surface area contributed by atoms with E-state index in [1.54, 1.807) is 5.56 Å². The number of rotatable bonds is 3. The van der Waals surface area contributed by atoms with E-state index in [1.807, 2.05) is 0 Å². The molecule has 0 bridgehead atoms. The molecule has 82 valence electrons. The molecule has 0 aliphatic heterocycles. The van der Waals surface area contributed by atoms with Gasteiger partial charge in [-0.3, -0.25) is 0 Å². The van der Waals surface area contributed by atoms with Crippen LogP contribution in [-0.2, 0) is 0 Å². The first-order valence-electron chi connectivity index (χ1n) is 6.36. The quantitative estimate of drug-likeness (QED) is 0.671. The van der Waals surface area contributed by atoms with Crippen molar-refractivity contribution in [2.45, 2.75) is 45.4 Å². The highest BCUT2D eigenvalue weighted by atomic mass is 14.4. The molecule has 0 nitrogen and oxygen atoms in total. The van der Waals surface area contributed by atoms with Crippen molar-refractivity contribution in [3.63, 3.8) is 0 Å². The van der Waals surface area contributed by atoms with Crippen molar-refractivity contribution in [2.24, 2.45) is 11.8 Å². The molecule has 1 fully saturated rings. The Morgan fingerprint density at radius 2 is 1.87 bits per heavy atom. The predicted molar refractivity (Wildman–Crippen MR) is 66.0 cm³/mol. The third-order valence-electron chi connectivity index (χ3n) is 3.90. The monoisotopic (exact) mass is 202 g/mol. The van der Waals surface area contributed by atoms with E-state index < -0.39 is 0 Å². The Morgan fingerprint density at radius 1 is 1.13 bits per heavy atom. The molecule has 1 aromatic rings. The lowest BCUT2D eigenvalue weighted by Crippen LogP contribution is -2.01. The largest absolute Gasteiger partial charge is 0.0654 e. The predicted octanol–water partition coefficient (Wildman–Crippen LogP) is 4.62. The molecule has 1 aliphatic carbocycles. The summed E-state index contributed by atoms with van der Waals surface area (Å²) < 4.78 is 0. The summed E-state index contributed by atoms with van der Waals surface area (Å²) in [5.41, 5.74) is 1.56. The van der Waals surface area contributed by atoms with Gasteiger partial charge in [0.15, 0.2) is 0 Å². The summed E-state index contributed by atoms with van der Waals surface area (Å²) in [4.78, 5) is 0. The maximum Gasteiger partial charge on any atom is -0.0134 e. The standard InChI is InChI=1S/C15H22/c1-3-7-13-10-12(2)15(11-13)14-8-5-4-6-9-14/h4-6,8-9,12-13,15H,3,7,10-11H2,1-2H3. The second-order valence-corrected chi connectivity index (χ2v) is 5.12. The van der Waals surface area contributed by atoms with Gasteiger partial charge in [0.05, 0.1) is 0 Å². The zero-order chi connectivity index (χ0) is 10.7. The van der Waals surface area contributed by atoms with Gasteiger partial charge in [-0.1, -0.05) is 57.0 Å². The first kappa shape index (κ1) is 10.7. The Bertz CT molecular complexity index is 288. The Hall–Kier alpha value is -0.780. The first-order valence-corrected chi connectivity index (χ1v) is 6.36. The summed E-state index contributed by atoms with van der Waals surface area (Å²) in [5, 5.41) is 0. The van der Waals surface area contributed by atoms with Crippen LogP contribution in [0.25, 0.3) is 0 Å². The minimum atomic E-state index is 0.822. The molecule has 0 N–H and O–H groups in total. The Kier molecular flexibility index (Phi) is 3.45. The Labute approximate surface area is 93.7 Å². The van der Waals surface area contributed by atoms with Gasteiger partial charge in [-0.2, -0.15) is 0 Å². The molecule has 0 aromatic heterocycles. The van der Waals surface area contributed by atoms with Gasteiger partial charge in [-0.05, 0) is 36.2 Å². The van der Waals surface area contributed by atoms with Gasteiger partial charge in [0.1, 0.15) is 0 Å². The van der Waals surface area contributed by atoms with Crippen LogP contribution in [0.3, 0.4) is 0 Å². The van der Waals surface area contributed by atoms with E-state index in [-0.39, 0.29) is 0 Å². The minimum absolute atomic E-state index is 0.822. The first-order chi connectivity index (χ1) is 7.31. The van der Waals surface area contributed by atoms with E-state index in [0.717, 1.165) is 17.8 Å². The fourth-order valence-corrected chi connectivity index (χ4v) is 3.19. The van der Waals surface area contributed by atoms with E-state index in [0.29, 0.717) is 0 Å². The zero-order valence-electron chi connectivity index (χ0n) is 9.95. The van der Waals surface area contributed by atoms with Gasteiger partial charge >= 0.3 is 0 Å². The van der Waals surface area contributed by atoms with E-state index in [9.17, 15) is 0 Å². The van der Waals surface area contributed by atoms with Crippen LogP contribution in [0.1, 0.15) is 51.0 Å². The average Bonchev–Trinajstić information content (AvgIpc) is 2.61. The second kappa shape index (κ2) is 4.83. The van der Waals surface area contributed by atoms with Crippen LogP contribution in [0.2, 0.25) is 0 Å². The molecule has 0 saturated heterocycles. The number of hydrogen-bond donors (Lipinski definition) is 0. The molecule has 0 heteroatoms. The number of benzene rings is 1. The molecular formula is C15H22. The topological polar surface area (TPSA) is 0 Å². The lowest BCUT2D eigenvalue weighted by atomic mass is 9.90. The van der Waals surface area contributed by atoms with Crippen molar-refractivity contribution < 1.29 is 0 Å². The van der Waals surface area contributed by atoms with E-state index in [4.69, 9.17) is 0 Å². The van der Waals surface area contributed by atoms with Crippen molar-refractivity contribution in [2.75, 3.05) is 0 Å². The second-order valence-electron chi connectivity index (χ2n) is 5.12. The smallest absolute Gasteiger partial charge is 0.0134 e. The van der Waals surface area contributed by atoms with Gasteiger partial charge in [0.2, 0.25) is 0 Å². The molecule has 3 atom stereocenters. The zero-order valence-corrected chi connectivity index (χ0v) is 9.95. The molecule has 2 rings (SSSR count). The summed E-state index contributed by atoms with van der Waals surface area (Å²) in [5.74, 6) is 2.68. The molecule has 0 amide bonds. The fourth-order valence-electron chi connectivity index (χ4n) is 3.19. The summed E-state index contributed by atoms with van der Waals surface area (Å²) in [6.45, 7) is 4.73. The van der Waals surface area contributed by atoms with Crippen molar-refractivity contribution in [3.05, 3.63) is 35.9 Å². The van der Waals surface area contributed by atoms with Crippen LogP contribution in [0.5, 0.6) is 0 Å². The van der Waals surface area contributed by atoms with Gasteiger partial charge in [-0.25, -0.2) is 0 Å². The van der Waals surface area contributed by atoms with Gasteiger partial charge in [0.25, 0.3) is 0 Å². The van der Waals surface area contributed by atoms with Crippen molar-refractivity contribution in [1.82, 2.24) is 0 Å². The lowest BCUT2D eigenvalue weighted by Gasteiger charge is -2.15. The molecule has 0 spiro atoms. The van der Waals surface area contributed by atoms with Crippen LogP contribution in [0.15, 0.2) is 30.3 Å². The molecule has 1 saturated carbocycles. The summed E-state index contributed by atoms with van der Waals surface area (Å²) >= 11 is 0. The number of hydrogen-bond acceptors (Lipinski definition) is 0. The molecule has 0 radical (unpaired) electrons. The maximum absolute atomic E-state index is 2.42. The lowest BCUT2D eigenvalue weighted by molar-refractivity contribution is 0.474. The van der Waals surface area contributed by atoms with Crippen molar-refractivity contribution in [3.8, 4) is 0 Å².